The van der Waals surface area contributed by atoms with Gasteiger partial charge in [0.15, 0.2) is 5.41 Å². The smallest absolute Gasteiger partial charge is 0.170 e. The van der Waals surface area contributed by atoms with Crippen LogP contribution in [0.1, 0.15) is 25.0 Å². The Morgan fingerprint density at radius 2 is 1.95 bits per heavy atom. The maximum absolute atomic E-state index is 9.70. The molecule has 3 atom stereocenters. The third kappa shape index (κ3) is 1.93. The molecular weight excluding hydrogens is 276 g/mol. The van der Waals surface area contributed by atoms with Gasteiger partial charge < -0.3 is 9.64 Å². The molecule has 2 heterocycles. The van der Waals surface area contributed by atoms with Gasteiger partial charge in [0, 0.05) is 18.7 Å². The van der Waals surface area contributed by atoms with E-state index in [2.05, 4.69) is 23.1 Å². The zero-order valence-electron chi connectivity index (χ0n) is 12.6. The van der Waals surface area contributed by atoms with Crippen LogP contribution in [-0.4, -0.2) is 24.8 Å². The van der Waals surface area contributed by atoms with E-state index in [1.165, 1.54) is 0 Å². The summed E-state index contributed by atoms with van der Waals surface area (Å²) in [4.78, 5) is 2.12. The second kappa shape index (κ2) is 5.02. The molecule has 5 heteroatoms. The fourth-order valence-corrected chi connectivity index (χ4v) is 3.76. The molecule has 1 fully saturated rings. The Labute approximate surface area is 129 Å². The molecule has 0 radical (unpaired) electrons. The lowest BCUT2D eigenvalue weighted by molar-refractivity contribution is -0.0467. The van der Waals surface area contributed by atoms with Crippen molar-refractivity contribution < 1.29 is 4.74 Å². The van der Waals surface area contributed by atoms with E-state index in [-0.39, 0.29) is 18.2 Å². The highest BCUT2D eigenvalue weighted by Gasteiger charge is 2.52. The average molecular weight is 292 g/mol. The van der Waals surface area contributed by atoms with Crippen LogP contribution in [0.2, 0.25) is 0 Å². The van der Waals surface area contributed by atoms with Gasteiger partial charge in [-0.3, -0.25) is 0 Å². The number of ether oxygens (including phenoxy) is 1. The fourth-order valence-electron chi connectivity index (χ4n) is 3.76. The van der Waals surface area contributed by atoms with Crippen molar-refractivity contribution in [3.63, 3.8) is 0 Å². The van der Waals surface area contributed by atoms with Crippen molar-refractivity contribution in [3.8, 4) is 18.2 Å². The van der Waals surface area contributed by atoms with Gasteiger partial charge in [0.2, 0.25) is 0 Å². The predicted molar refractivity (Wildman–Crippen MR) is 79.7 cm³/mol. The summed E-state index contributed by atoms with van der Waals surface area (Å²) in [6.07, 6.45) is 0.156. The van der Waals surface area contributed by atoms with Gasteiger partial charge in [0.1, 0.15) is 0 Å². The molecule has 0 aromatic heterocycles. The summed E-state index contributed by atoms with van der Waals surface area (Å²) in [6, 6.07) is 11.8. The molecule has 0 amide bonds. The first kappa shape index (κ1) is 14.4. The van der Waals surface area contributed by atoms with Gasteiger partial charge in [-0.2, -0.15) is 15.8 Å². The van der Waals surface area contributed by atoms with Crippen molar-refractivity contribution in [2.24, 2.45) is 5.41 Å². The van der Waals surface area contributed by atoms with Gasteiger partial charge in [-0.25, -0.2) is 0 Å². The fraction of sp³-hybridized carbons (Fsp3) is 0.471. The Balaban J connectivity index is 2.19. The van der Waals surface area contributed by atoms with Gasteiger partial charge in [0.05, 0.1) is 42.0 Å². The average Bonchev–Trinajstić information content (AvgIpc) is 2.52. The quantitative estimate of drug-likeness (QED) is 0.731. The summed E-state index contributed by atoms with van der Waals surface area (Å²) in [5.74, 6) is 0. The summed E-state index contributed by atoms with van der Waals surface area (Å²) in [7, 11) is 0. The zero-order chi connectivity index (χ0) is 15.9. The summed E-state index contributed by atoms with van der Waals surface area (Å²) < 4.78 is 5.88. The lowest BCUT2D eigenvalue weighted by atomic mass is 9.70. The SMILES string of the molecule is CC1CN2c3ccc(C#N)cc3CC(C#N)(C#N)C2C(C)O1. The third-order valence-electron chi connectivity index (χ3n) is 4.57. The van der Waals surface area contributed by atoms with Crippen LogP contribution in [-0.2, 0) is 11.2 Å². The van der Waals surface area contributed by atoms with Crippen LogP contribution in [0.3, 0.4) is 0 Å². The van der Waals surface area contributed by atoms with Crippen molar-refractivity contribution in [2.75, 3.05) is 11.4 Å². The minimum atomic E-state index is -1.15. The molecule has 22 heavy (non-hydrogen) atoms. The van der Waals surface area contributed by atoms with Gasteiger partial charge in [-0.15, -0.1) is 0 Å². The lowest BCUT2D eigenvalue weighted by Gasteiger charge is -2.51. The summed E-state index contributed by atoms with van der Waals surface area (Å²) in [5.41, 5.74) is 1.30. The van der Waals surface area contributed by atoms with E-state index in [1.54, 1.807) is 12.1 Å². The minimum Gasteiger partial charge on any atom is -0.371 e. The maximum Gasteiger partial charge on any atom is 0.170 e. The summed E-state index contributed by atoms with van der Waals surface area (Å²) in [5, 5.41) is 28.5. The molecule has 0 saturated carbocycles. The van der Waals surface area contributed by atoms with Gasteiger partial charge >= 0.3 is 0 Å². The molecule has 1 saturated heterocycles. The van der Waals surface area contributed by atoms with Crippen molar-refractivity contribution >= 4 is 5.69 Å². The van der Waals surface area contributed by atoms with E-state index in [0.717, 1.165) is 11.3 Å². The Bertz CT molecular complexity index is 722. The topological polar surface area (TPSA) is 83.8 Å². The molecule has 1 aromatic rings. The number of anilines is 1. The number of rotatable bonds is 0. The highest BCUT2D eigenvalue weighted by Crippen LogP contribution is 2.44. The van der Waals surface area contributed by atoms with Gasteiger partial charge in [-0.05, 0) is 37.6 Å². The van der Waals surface area contributed by atoms with Crippen LogP contribution < -0.4 is 4.90 Å². The first-order valence-corrected chi connectivity index (χ1v) is 7.32. The number of nitrogens with zero attached hydrogens (tertiary/aromatic N) is 4. The monoisotopic (exact) mass is 292 g/mol. The molecule has 3 rings (SSSR count). The molecule has 2 aliphatic heterocycles. The van der Waals surface area contributed by atoms with Gasteiger partial charge in [-0.1, -0.05) is 0 Å². The van der Waals surface area contributed by atoms with E-state index in [0.29, 0.717) is 18.5 Å². The van der Waals surface area contributed by atoms with Crippen LogP contribution in [0.25, 0.3) is 0 Å². The zero-order valence-corrected chi connectivity index (χ0v) is 12.6. The van der Waals surface area contributed by atoms with Crippen molar-refractivity contribution in [1.29, 1.82) is 15.8 Å². The molecule has 3 unspecified atom stereocenters. The number of nitriles is 3. The number of fused-ring (bicyclic) bond motifs is 3. The second-order valence-electron chi connectivity index (χ2n) is 6.08. The molecule has 5 nitrogen and oxygen atoms in total. The molecule has 110 valence electrons. The Morgan fingerprint density at radius 3 is 2.59 bits per heavy atom. The predicted octanol–water partition coefficient (Wildman–Crippen LogP) is 2.13. The standard InChI is InChI=1S/C17H16N4O/c1-11-8-21-15-4-3-13(7-18)5-14(15)6-17(9-19,10-20)16(21)12(2)22-11/h3-5,11-12,16H,6,8H2,1-2H3. The number of hydrogen-bond donors (Lipinski definition) is 0. The summed E-state index contributed by atoms with van der Waals surface area (Å²) in [6.45, 7) is 4.55. The van der Waals surface area contributed by atoms with Crippen molar-refractivity contribution in [2.45, 2.75) is 38.5 Å². The minimum absolute atomic E-state index is 0.0305. The van der Waals surface area contributed by atoms with Crippen LogP contribution >= 0.6 is 0 Å². The van der Waals surface area contributed by atoms with E-state index >= 15 is 0 Å². The molecule has 0 aliphatic carbocycles. The first-order valence-electron chi connectivity index (χ1n) is 7.32. The largest absolute Gasteiger partial charge is 0.371 e. The maximum atomic E-state index is 9.70. The normalized spacial score (nSPS) is 28.5. The summed E-state index contributed by atoms with van der Waals surface area (Å²) >= 11 is 0. The molecule has 1 aromatic carbocycles. The van der Waals surface area contributed by atoms with E-state index in [9.17, 15) is 10.5 Å². The molecule has 0 N–H and O–H groups in total. The van der Waals surface area contributed by atoms with Crippen LogP contribution in [0, 0.1) is 39.4 Å². The molecule has 2 aliphatic rings. The first-order chi connectivity index (χ1) is 10.5. The van der Waals surface area contributed by atoms with Crippen LogP contribution in [0.15, 0.2) is 18.2 Å². The Morgan fingerprint density at radius 1 is 1.23 bits per heavy atom. The number of benzene rings is 1. The lowest BCUT2D eigenvalue weighted by Crippen LogP contribution is -2.63. The van der Waals surface area contributed by atoms with E-state index in [1.807, 2.05) is 19.9 Å². The molecule has 0 bridgehead atoms. The van der Waals surface area contributed by atoms with Crippen LogP contribution in [0.4, 0.5) is 5.69 Å². The number of hydrogen-bond acceptors (Lipinski definition) is 5. The molecule has 0 spiro atoms. The third-order valence-corrected chi connectivity index (χ3v) is 4.57. The highest BCUT2D eigenvalue weighted by molar-refractivity contribution is 5.63. The van der Waals surface area contributed by atoms with Crippen molar-refractivity contribution in [1.82, 2.24) is 0 Å². The van der Waals surface area contributed by atoms with E-state index < -0.39 is 5.41 Å². The van der Waals surface area contributed by atoms with Gasteiger partial charge in [0.25, 0.3) is 0 Å². The number of morpholine rings is 1. The Kier molecular flexibility index (Phi) is 3.28. The van der Waals surface area contributed by atoms with Crippen molar-refractivity contribution in [3.05, 3.63) is 29.3 Å². The second-order valence-corrected chi connectivity index (χ2v) is 6.08. The molecular formula is C17H16N4O. The van der Waals surface area contributed by atoms with E-state index in [4.69, 9.17) is 10.00 Å². The van der Waals surface area contributed by atoms with Crippen LogP contribution in [0.5, 0.6) is 0 Å². The highest BCUT2D eigenvalue weighted by atomic mass is 16.5. The Hall–Kier alpha value is -2.55.